The summed E-state index contributed by atoms with van der Waals surface area (Å²) in [5.74, 6) is 0.0909. The molecule has 26 heavy (non-hydrogen) atoms. The Bertz CT molecular complexity index is 924. The van der Waals surface area contributed by atoms with Crippen molar-refractivity contribution in [3.63, 3.8) is 0 Å². The molecule has 1 aliphatic rings. The van der Waals surface area contributed by atoms with E-state index in [1.807, 2.05) is 24.3 Å². The van der Waals surface area contributed by atoms with Gasteiger partial charge in [-0.3, -0.25) is 4.79 Å². The zero-order chi connectivity index (χ0) is 18.9. The largest absolute Gasteiger partial charge is 0.345 e. The van der Waals surface area contributed by atoms with Gasteiger partial charge in [-0.1, -0.05) is 46.1 Å². The maximum absolute atomic E-state index is 12.8. The van der Waals surface area contributed by atoms with Gasteiger partial charge in [0.05, 0.1) is 16.0 Å². The Morgan fingerprint density at radius 1 is 1.19 bits per heavy atom. The summed E-state index contributed by atoms with van der Waals surface area (Å²) >= 11 is 9.40. The molecule has 1 amide bonds. The van der Waals surface area contributed by atoms with Crippen LogP contribution in [0.5, 0.6) is 0 Å². The molecule has 0 aromatic heterocycles. The summed E-state index contributed by atoms with van der Waals surface area (Å²) in [5.41, 5.74) is 1.33. The molecular formula is C19H19BrClNO3S. The van der Waals surface area contributed by atoms with Gasteiger partial charge in [-0.25, -0.2) is 8.42 Å². The molecule has 3 rings (SSSR count). The Hall–Kier alpha value is -1.37. The fourth-order valence-electron chi connectivity index (χ4n) is 3.07. The minimum absolute atomic E-state index is 0.0318. The number of hydrogen-bond donors (Lipinski definition) is 1. The third-order valence-corrected chi connectivity index (χ3v) is 6.84. The predicted octanol–water partition coefficient (Wildman–Crippen LogP) is 4.78. The summed E-state index contributed by atoms with van der Waals surface area (Å²) in [6.45, 7) is 0. The van der Waals surface area contributed by atoms with Crippen molar-refractivity contribution in [3.05, 3.63) is 63.1 Å². The number of carbonyl (C=O) groups is 1. The monoisotopic (exact) mass is 455 g/mol. The fraction of sp³-hybridized carbons (Fsp3) is 0.316. The molecule has 1 unspecified atom stereocenters. The molecule has 0 bridgehead atoms. The maximum atomic E-state index is 12.8. The summed E-state index contributed by atoms with van der Waals surface area (Å²) in [6.07, 6.45) is 4.37. The van der Waals surface area contributed by atoms with Crippen molar-refractivity contribution in [2.75, 3.05) is 6.26 Å². The van der Waals surface area contributed by atoms with Gasteiger partial charge in [-0.15, -0.1) is 0 Å². The van der Waals surface area contributed by atoms with Crippen molar-refractivity contribution in [1.29, 1.82) is 0 Å². The normalized spacial score (nSPS) is 16.0. The van der Waals surface area contributed by atoms with Gasteiger partial charge in [0, 0.05) is 16.3 Å². The average molecular weight is 457 g/mol. The van der Waals surface area contributed by atoms with Gasteiger partial charge in [0.15, 0.2) is 9.84 Å². The van der Waals surface area contributed by atoms with Gasteiger partial charge in [0.25, 0.3) is 5.91 Å². The third kappa shape index (κ3) is 4.30. The molecule has 0 saturated heterocycles. The quantitative estimate of drug-likeness (QED) is 0.704. The molecule has 1 saturated carbocycles. The van der Waals surface area contributed by atoms with Crippen LogP contribution in [-0.2, 0) is 9.84 Å². The SMILES string of the molecule is CS(=O)(=O)c1cc(C(=O)NC(c2ccc(Br)cc2)C2CCC2)ccc1Cl. The number of carbonyl (C=O) groups excluding carboxylic acids is 1. The van der Waals surface area contributed by atoms with E-state index in [1.165, 1.54) is 12.1 Å². The van der Waals surface area contributed by atoms with Gasteiger partial charge < -0.3 is 5.32 Å². The van der Waals surface area contributed by atoms with E-state index in [0.717, 1.165) is 35.6 Å². The van der Waals surface area contributed by atoms with Crippen molar-refractivity contribution < 1.29 is 13.2 Å². The van der Waals surface area contributed by atoms with Crippen LogP contribution in [0.3, 0.4) is 0 Å². The second-order valence-electron chi connectivity index (χ2n) is 6.61. The number of benzene rings is 2. The number of halogens is 2. The van der Waals surface area contributed by atoms with Crippen LogP contribution in [0.15, 0.2) is 51.8 Å². The van der Waals surface area contributed by atoms with Crippen molar-refractivity contribution in [3.8, 4) is 0 Å². The highest BCUT2D eigenvalue weighted by Gasteiger charge is 2.30. The van der Waals surface area contributed by atoms with Crippen LogP contribution in [0.2, 0.25) is 5.02 Å². The lowest BCUT2D eigenvalue weighted by molar-refractivity contribution is 0.0900. The summed E-state index contributed by atoms with van der Waals surface area (Å²) < 4.78 is 24.7. The zero-order valence-electron chi connectivity index (χ0n) is 14.2. The van der Waals surface area contributed by atoms with E-state index in [0.29, 0.717) is 5.92 Å². The molecule has 2 aromatic rings. The van der Waals surface area contributed by atoms with Crippen molar-refractivity contribution in [2.24, 2.45) is 5.92 Å². The summed E-state index contributed by atoms with van der Waals surface area (Å²) in [4.78, 5) is 12.7. The Labute approximate surface area is 167 Å². The Kier molecular flexibility index (Phi) is 5.75. The first-order valence-electron chi connectivity index (χ1n) is 8.31. The molecule has 0 aliphatic heterocycles. The second-order valence-corrected chi connectivity index (χ2v) is 9.92. The highest BCUT2D eigenvalue weighted by molar-refractivity contribution is 9.10. The molecule has 4 nitrogen and oxygen atoms in total. The van der Waals surface area contributed by atoms with Gasteiger partial charge in [0.1, 0.15) is 0 Å². The van der Waals surface area contributed by atoms with Gasteiger partial charge >= 0.3 is 0 Å². The van der Waals surface area contributed by atoms with Crippen LogP contribution >= 0.6 is 27.5 Å². The predicted molar refractivity (Wildman–Crippen MR) is 106 cm³/mol. The van der Waals surface area contributed by atoms with E-state index in [-0.39, 0.29) is 27.4 Å². The standard InChI is InChI=1S/C19H19BrClNO3S/c1-26(24,25)17-11-14(7-10-16(17)21)19(23)22-18(12-3-2-4-12)13-5-8-15(20)9-6-13/h5-12,18H,2-4H2,1H3,(H,22,23). The van der Waals surface area contributed by atoms with E-state index in [2.05, 4.69) is 21.2 Å². The Morgan fingerprint density at radius 2 is 1.85 bits per heavy atom. The number of rotatable bonds is 5. The van der Waals surface area contributed by atoms with Crippen molar-refractivity contribution >= 4 is 43.3 Å². The molecule has 7 heteroatoms. The zero-order valence-corrected chi connectivity index (χ0v) is 17.4. The lowest BCUT2D eigenvalue weighted by Crippen LogP contribution is -2.36. The summed E-state index contributed by atoms with van der Waals surface area (Å²) in [6, 6.07) is 12.1. The highest BCUT2D eigenvalue weighted by atomic mass is 79.9. The fourth-order valence-corrected chi connectivity index (χ4v) is 4.64. The van der Waals surface area contributed by atoms with Crippen LogP contribution in [-0.4, -0.2) is 20.6 Å². The number of sulfone groups is 1. The Morgan fingerprint density at radius 3 is 2.38 bits per heavy atom. The topological polar surface area (TPSA) is 63.2 Å². The van der Waals surface area contributed by atoms with E-state index < -0.39 is 9.84 Å². The molecule has 138 valence electrons. The lowest BCUT2D eigenvalue weighted by Gasteiger charge is -2.34. The lowest BCUT2D eigenvalue weighted by atomic mass is 9.77. The number of hydrogen-bond acceptors (Lipinski definition) is 3. The highest BCUT2D eigenvalue weighted by Crippen LogP contribution is 2.38. The van der Waals surface area contributed by atoms with E-state index >= 15 is 0 Å². The van der Waals surface area contributed by atoms with Crippen LogP contribution in [0.1, 0.15) is 41.2 Å². The van der Waals surface area contributed by atoms with Crippen molar-refractivity contribution in [1.82, 2.24) is 5.32 Å². The van der Waals surface area contributed by atoms with E-state index in [1.54, 1.807) is 6.07 Å². The average Bonchev–Trinajstić information content (AvgIpc) is 2.52. The molecular weight excluding hydrogens is 438 g/mol. The Balaban J connectivity index is 1.87. The molecule has 2 aromatic carbocycles. The maximum Gasteiger partial charge on any atom is 0.251 e. The number of nitrogens with one attached hydrogen (secondary N) is 1. The minimum atomic E-state index is -3.50. The minimum Gasteiger partial charge on any atom is -0.345 e. The van der Waals surface area contributed by atoms with Gasteiger partial charge in [0.2, 0.25) is 0 Å². The first-order valence-corrected chi connectivity index (χ1v) is 11.4. The summed E-state index contributed by atoms with van der Waals surface area (Å²) in [5, 5.41) is 3.20. The van der Waals surface area contributed by atoms with E-state index in [9.17, 15) is 13.2 Å². The molecule has 1 N–H and O–H groups in total. The molecule has 1 aliphatic carbocycles. The first kappa shape index (κ1) is 19.4. The summed E-state index contributed by atoms with van der Waals surface area (Å²) in [7, 11) is -3.50. The molecule has 1 atom stereocenters. The smallest absolute Gasteiger partial charge is 0.251 e. The van der Waals surface area contributed by atoms with Gasteiger partial charge in [-0.2, -0.15) is 0 Å². The number of amides is 1. The third-order valence-electron chi connectivity index (χ3n) is 4.73. The molecule has 0 radical (unpaired) electrons. The molecule has 0 spiro atoms. The van der Waals surface area contributed by atoms with Gasteiger partial charge in [-0.05, 0) is 54.7 Å². The van der Waals surface area contributed by atoms with Crippen LogP contribution in [0, 0.1) is 5.92 Å². The van der Waals surface area contributed by atoms with Crippen LogP contribution in [0.25, 0.3) is 0 Å². The van der Waals surface area contributed by atoms with Crippen molar-refractivity contribution in [2.45, 2.75) is 30.2 Å². The second kappa shape index (κ2) is 7.71. The first-order chi connectivity index (χ1) is 12.3. The van der Waals surface area contributed by atoms with Crippen LogP contribution < -0.4 is 5.32 Å². The molecule has 0 heterocycles. The van der Waals surface area contributed by atoms with E-state index in [4.69, 9.17) is 11.6 Å². The van der Waals surface area contributed by atoms with Crippen LogP contribution in [0.4, 0.5) is 0 Å². The molecule has 1 fully saturated rings.